The normalized spacial score (nSPS) is 10.9. The zero-order valence-electron chi connectivity index (χ0n) is 16.4. The minimum Gasteiger partial charge on any atom is -0.496 e. The van der Waals surface area contributed by atoms with Crippen LogP contribution in [-0.4, -0.2) is 33.3 Å². The Morgan fingerprint density at radius 1 is 1.04 bits per heavy atom. The number of halogens is 1. The van der Waals surface area contributed by atoms with Crippen LogP contribution in [0.15, 0.2) is 30.3 Å². The van der Waals surface area contributed by atoms with E-state index in [1.807, 2.05) is 0 Å². The highest BCUT2D eigenvalue weighted by atomic mass is 35.5. The predicted octanol–water partition coefficient (Wildman–Crippen LogP) is 3.91. The van der Waals surface area contributed by atoms with Crippen LogP contribution in [0.4, 0.5) is 17.1 Å². The molecule has 0 radical (unpaired) electrons. The van der Waals surface area contributed by atoms with E-state index < -0.39 is 17.4 Å². The van der Waals surface area contributed by atoms with Gasteiger partial charge in [-0.3, -0.25) is 4.79 Å². The Bertz CT molecular complexity index is 912. The van der Waals surface area contributed by atoms with Gasteiger partial charge in [0.05, 0.1) is 49.4 Å². The van der Waals surface area contributed by atoms with Gasteiger partial charge in [0, 0.05) is 16.7 Å². The molecular weight excluding hydrogens is 384 g/mol. The maximum absolute atomic E-state index is 12.3. The lowest BCUT2D eigenvalue weighted by atomic mass is 9.83. The van der Waals surface area contributed by atoms with Crippen LogP contribution in [0.1, 0.15) is 29.8 Å². The Morgan fingerprint density at radius 3 is 2.29 bits per heavy atom. The molecule has 0 saturated heterocycles. The second-order valence-corrected chi connectivity index (χ2v) is 7.00. The largest absolute Gasteiger partial charge is 0.496 e. The number of methoxy groups -OCH3 is 3. The van der Waals surface area contributed by atoms with E-state index in [2.05, 4.69) is 5.32 Å². The topological polar surface area (TPSA) is 99.9 Å². The van der Waals surface area contributed by atoms with Crippen molar-refractivity contribution in [3.63, 3.8) is 0 Å². The van der Waals surface area contributed by atoms with E-state index in [9.17, 15) is 9.59 Å². The van der Waals surface area contributed by atoms with Crippen molar-refractivity contribution in [1.82, 2.24) is 0 Å². The highest BCUT2D eigenvalue weighted by molar-refractivity contribution is 6.31. The van der Waals surface area contributed by atoms with Gasteiger partial charge in [-0.25, -0.2) is 4.79 Å². The second-order valence-electron chi connectivity index (χ2n) is 6.56. The number of anilines is 3. The Balaban J connectivity index is 2.60. The van der Waals surface area contributed by atoms with Crippen molar-refractivity contribution in [3.8, 4) is 5.75 Å². The third kappa shape index (κ3) is 4.14. The Labute approximate surface area is 168 Å². The number of ether oxygens (including phenoxy) is 3. The molecule has 2 aromatic carbocycles. The third-order valence-electron chi connectivity index (χ3n) is 4.40. The quantitative estimate of drug-likeness (QED) is 0.554. The van der Waals surface area contributed by atoms with Crippen molar-refractivity contribution in [2.75, 3.05) is 32.4 Å². The number of nitrogens with two attached hydrogens (primary N) is 1. The van der Waals surface area contributed by atoms with Crippen molar-refractivity contribution >= 4 is 40.6 Å². The molecule has 0 spiro atoms. The van der Waals surface area contributed by atoms with Crippen LogP contribution in [0.25, 0.3) is 0 Å². The molecule has 0 heterocycles. The van der Waals surface area contributed by atoms with E-state index in [1.165, 1.54) is 21.3 Å². The second kappa shape index (κ2) is 8.39. The predicted molar refractivity (Wildman–Crippen MR) is 109 cm³/mol. The highest BCUT2D eigenvalue weighted by Crippen LogP contribution is 2.39. The molecule has 2 aromatic rings. The molecule has 0 aliphatic heterocycles. The van der Waals surface area contributed by atoms with Gasteiger partial charge in [-0.05, 0) is 38.1 Å². The SMILES string of the molecule is COC(=O)c1ccc(Cl)cc1Nc1cc(C(C)(C)C(=O)OC)c(OC)cc1N. The van der Waals surface area contributed by atoms with Gasteiger partial charge < -0.3 is 25.3 Å². The third-order valence-corrected chi connectivity index (χ3v) is 4.63. The molecule has 0 fully saturated rings. The number of nitrogen functional groups attached to an aromatic ring is 1. The summed E-state index contributed by atoms with van der Waals surface area (Å²) in [5.74, 6) is -0.515. The fourth-order valence-corrected chi connectivity index (χ4v) is 2.95. The molecule has 0 amide bonds. The first-order valence-corrected chi connectivity index (χ1v) is 8.74. The lowest BCUT2D eigenvalue weighted by Gasteiger charge is -2.26. The zero-order valence-corrected chi connectivity index (χ0v) is 17.1. The molecule has 0 saturated carbocycles. The number of carbonyl (C=O) groups excluding carboxylic acids is 2. The zero-order chi connectivity index (χ0) is 21.1. The van der Waals surface area contributed by atoms with Gasteiger partial charge in [0.2, 0.25) is 0 Å². The lowest BCUT2D eigenvalue weighted by Crippen LogP contribution is -2.30. The average Bonchev–Trinajstić information content (AvgIpc) is 2.67. The number of nitrogens with one attached hydrogen (secondary N) is 1. The van der Waals surface area contributed by atoms with E-state index in [-0.39, 0.29) is 5.56 Å². The number of benzene rings is 2. The number of hydrogen-bond acceptors (Lipinski definition) is 7. The summed E-state index contributed by atoms with van der Waals surface area (Å²) in [7, 11) is 4.10. The summed E-state index contributed by atoms with van der Waals surface area (Å²) in [5.41, 5.74) is 7.26. The molecule has 0 atom stereocenters. The van der Waals surface area contributed by atoms with Gasteiger partial charge in [0.25, 0.3) is 0 Å². The molecule has 0 aromatic heterocycles. The van der Waals surface area contributed by atoms with E-state index in [4.69, 9.17) is 31.5 Å². The maximum atomic E-state index is 12.3. The summed E-state index contributed by atoms with van der Waals surface area (Å²) >= 11 is 6.08. The highest BCUT2D eigenvalue weighted by Gasteiger charge is 2.34. The van der Waals surface area contributed by atoms with Crippen molar-refractivity contribution in [1.29, 1.82) is 0 Å². The van der Waals surface area contributed by atoms with Crippen molar-refractivity contribution in [3.05, 3.63) is 46.5 Å². The van der Waals surface area contributed by atoms with E-state index in [1.54, 1.807) is 44.2 Å². The van der Waals surface area contributed by atoms with E-state index >= 15 is 0 Å². The summed E-state index contributed by atoms with van der Waals surface area (Å²) in [6.45, 7) is 3.44. The van der Waals surface area contributed by atoms with E-state index in [0.29, 0.717) is 33.4 Å². The van der Waals surface area contributed by atoms with Gasteiger partial charge in [-0.2, -0.15) is 0 Å². The fourth-order valence-electron chi connectivity index (χ4n) is 2.78. The van der Waals surface area contributed by atoms with Crippen molar-refractivity contribution in [2.45, 2.75) is 19.3 Å². The van der Waals surface area contributed by atoms with Crippen LogP contribution in [0.5, 0.6) is 5.75 Å². The van der Waals surface area contributed by atoms with Crippen molar-refractivity contribution < 1.29 is 23.8 Å². The van der Waals surface area contributed by atoms with Crippen LogP contribution in [0.3, 0.4) is 0 Å². The molecule has 0 bridgehead atoms. The van der Waals surface area contributed by atoms with Crippen LogP contribution in [0.2, 0.25) is 5.02 Å². The molecule has 2 rings (SSSR count). The van der Waals surface area contributed by atoms with Gasteiger partial charge in [0.15, 0.2) is 0 Å². The minimum absolute atomic E-state index is 0.288. The summed E-state index contributed by atoms with van der Waals surface area (Å²) in [6.07, 6.45) is 0. The number of rotatable bonds is 6. The van der Waals surface area contributed by atoms with Crippen LogP contribution < -0.4 is 15.8 Å². The monoisotopic (exact) mass is 406 g/mol. The fraction of sp³-hybridized carbons (Fsp3) is 0.300. The number of esters is 2. The molecule has 7 nitrogen and oxygen atoms in total. The Morgan fingerprint density at radius 2 is 1.71 bits per heavy atom. The molecule has 0 unspecified atom stereocenters. The van der Waals surface area contributed by atoms with E-state index in [0.717, 1.165) is 0 Å². The molecule has 28 heavy (non-hydrogen) atoms. The summed E-state index contributed by atoms with van der Waals surface area (Å²) in [6, 6.07) is 8.01. The molecular formula is C20H23ClN2O5. The molecule has 0 aliphatic carbocycles. The first kappa shape index (κ1) is 21.4. The molecule has 8 heteroatoms. The number of hydrogen-bond donors (Lipinski definition) is 2. The first-order chi connectivity index (χ1) is 13.1. The summed E-state index contributed by atoms with van der Waals surface area (Å²) in [4.78, 5) is 24.3. The Hall–Kier alpha value is -2.93. The van der Waals surface area contributed by atoms with Crippen LogP contribution in [-0.2, 0) is 19.7 Å². The molecule has 3 N–H and O–H groups in total. The minimum atomic E-state index is -0.996. The standard InChI is InChI=1S/C20H23ClN2O5/c1-20(2,19(25)28-5)13-9-16(14(22)10-17(13)26-3)23-15-8-11(21)6-7-12(15)18(24)27-4/h6-10,23H,22H2,1-5H3. The van der Waals surface area contributed by atoms with Crippen molar-refractivity contribution in [2.24, 2.45) is 0 Å². The molecule has 0 aliphatic rings. The van der Waals surface area contributed by atoms with Gasteiger partial charge in [-0.15, -0.1) is 0 Å². The van der Waals surface area contributed by atoms with Crippen LogP contribution >= 0.6 is 11.6 Å². The van der Waals surface area contributed by atoms with Crippen LogP contribution in [0, 0.1) is 0 Å². The van der Waals surface area contributed by atoms with Gasteiger partial charge in [-0.1, -0.05) is 11.6 Å². The van der Waals surface area contributed by atoms with Gasteiger partial charge >= 0.3 is 11.9 Å². The smallest absolute Gasteiger partial charge is 0.339 e. The Kier molecular flexibility index (Phi) is 6.41. The average molecular weight is 407 g/mol. The summed E-state index contributed by atoms with van der Waals surface area (Å²) < 4.78 is 15.1. The lowest BCUT2D eigenvalue weighted by molar-refractivity contribution is -0.146. The summed E-state index contributed by atoms with van der Waals surface area (Å²) in [5, 5.41) is 3.53. The van der Waals surface area contributed by atoms with Gasteiger partial charge in [0.1, 0.15) is 5.75 Å². The first-order valence-electron chi connectivity index (χ1n) is 8.37. The number of carbonyl (C=O) groups is 2. The molecule has 150 valence electrons. The maximum Gasteiger partial charge on any atom is 0.339 e.